The number of ether oxygens (including phenoxy) is 1. The normalized spacial score (nSPS) is 35.5. The van der Waals surface area contributed by atoms with E-state index in [9.17, 15) is 13.6 Å². The Morgan fingerprint density at radius 1 is 1.06 bits per heavy atom. The van der Waals surface area contributed by atoms with E-state index < -0.39 is 30.2 Å². The summed E-state index contributed by atoms with van der Waals surface area (Å²) in [5, 5.41) is 0. The average molecular weight is 464 g/mol. The lowest BCUT2D eigenvalue weighted by Crippen LogP contribution is -2.43. The van der Waals surface area contributed by atoms with Gasteiger partial charge in [-0.15, -0.1) is 0 Å². The van der Waals surface area contributed by atoms with E-state index in [0.29, 0.717) is 24.2 Å². The van der Waals surface area contributed by atoms with Gasteiger partial charge in [0.1, 0.15) is 11.6 Å². The van der Waals surface area contributed by atoms with E-state index in [1.807, 2.05) is 0 Å². The third kappa shape index (κ3) is 4.64. The number of rotatable bonds is 5. The monoisotopic (exact) mass is 463 g/mol. The van der Waals surface area contributed by atoms with E-state index >= 15 is 4.39 Å². The van der Waals surface area contributed by atoms with Gasteiger partial charge in [0, 0.05) is 23.9 Å². The molecule has 1 amide bonds. The predicted octanol–water partition coefficient (Wildman–Crippen LogP) is 6.80. The molecule has 6 heteroatoms. The Balaban J connectivity index is 1.38. The maximum absolute atomic E-state index is 15.2. The van der Waals surface area contributed by atoms with Crippen LogP contribution >= 0.6 is 0 Å². The second kappa shape index (κ2) is 8.20. The van der Waals surface area contributed by atoms with Gasteiger partial charge >= 0.3 is 0 Å². The molecule has 4 fully saturated rings. The molecule has 0 aromatic heterocycles. The second-order valence-electron chi connectivity index (χ2n) is 11.9. The molecule has 5 rings (SSSR count). The molecule has 1 aliphatic heterocycles. The maximum Gasteiger partial charge on any atom is 0.267 e. The molecule has 0 spiro atoms. The van der Waals surface area contributed by atoms with E-state index in [4.69, 9.17) is 4.74 Å². The average Bonchev–Trinajstić information content (AvgIpc) is 3.49. The number of alkyl halides is 2. The molecule has 3 nitrogen and oxygen atoms in total. The van der Waals surface area contributed by atoms with Crippen molar-refractivity contribution in [3.05, 3.63) is 29.1 Å². The lowest BCUT2D eigenvalue weighted by atomic mass is 9.57. The van der Waals surface area contributed by atoms with Crippen molar-refractivity contribution in [1.82, 2.24) is 4.90 Å². The smallest absolute Gasteiger partial charge is 0.267 e. The van der Waals surface area contributed by atoms with Crippen LogP contribution in [0.2, 0.25) is 0 Å². The highest BCUT2D eigenvalue weighted by Crippen LogP contribution is 2.53. The number of hydrogen-bond acceptors (Lipinski definition) is 2. The molecule has 1 aromatic carbocycles. The van der Waals surface area contributed by atoms with Crippen molar-refractivity contribution >= 4 is 5.91 Å². The fourth-order valence-electron chi connectivity index (χ4n) is 7.33. The van der Waals surface area contributed by atoms with Gasteiger partial charge in [-0.2, -0.15) is 0 Å². The molecule has 33 heavy (non-hydrogen) atoms. The number of halogens is 3. The molecule has 3 aliphatic carbocycles. The molecule has 3 atom stereocenters. The summed E-state index contributed by atoms with van der Waals surface area (Å²) >= 11 is 0. The van der Waals surface area contributed by atoms with Crippen LogP contribution in [-0.2, 0) is 0 Å². The summed E-state index contributed by atoms with van der Waals surface area (Å²) < 4.78 is 49.2. The Bertz CT molecular complexity index is 909. The number of fused-ring (bicyclic) bond motifs is 2. The number of nitrogens with zero attached hydrogens (tertiary/aromatic N) is 1. The zero-order valence-corrected chi connectivity index (χ0v) is 20.0. The van der Waals surface area contributed by atoms with Crippen LogP contribution in [0, 0.1) is 29.0 Å². The molecule has 2 bridgehead atoms. The minimum absolute atomic E-state index is 0.107. The molecule has 4 aliphatic rings. The summed E-state index contributed by atoms with van der Waals surface area (Å²) in [5.41, 5.74) is 0.895. The zero-order chi connectivity index (χ0) is 23.5. The van der Waals surface area contributed by atoms with Gasteiger partial charge in [-0.3, -0.25) is 4.79 Å². The number of carbonyl (C=O) groups is 1. The molecule has 1 saturated heterocycles. The first-order chi connectivity index (χ1) is 15.5. The number of benzene rings is 1. The van der Waals surface area contributed by atoms with Gasteiger partial charge < -0.3 is 9.64 Å². The topological polar surface area (TPSA) is 29.5 Å². The molecule has 0 radical (unpaired) electrons. The highest BCUT2D eigenvalue weighted by Gasteiger charge is 2.47. The summed E-state index contributed by atoms with van der Waals surface area (Å²) in [6.45, 7) is 6.19. The Kier molecular flexibility index (Phi) is 5.72. The van der Waals surface area contributed by atoms with Crippen LogP contribution in [0.5, 0.6) is 5.75 Å². The van der Waals surface area contributed by atoms with Crippen molar-refractivity contribution in [3.8, 4) is 5.75 Å². The lowest BCUT2D eigenvalue weighted by Gasteiger charge is -2.49. The van der Waals surface area contributed by atoms with E-state index in [-0.39, 0.29) is 23.3 Å². The van der Waals surface area contributed by atoms with Crippen LogP contribution in [0.1, 0.15) is 94.0 Å². The van der Waals surface area contributed by atoms with Gasteiger partial charge in [-0.05, 0) is 87.2 Å². The highest BCUT2D eigenvalue weighted by atomic mass is 19.3. The summed E-state index contributed by atoms with van der Waals surface area (Å²) in [6, 6.07) is 2.31. The number of hydrogen-bond donors (Lipinski definition) is 0. The minimum atomic E-state index is -2.92. The summed E-state index contributed by atoms with van der Waals surface area (Å²) in [5.74, 6) is -1.33. The first-order valence-corrected chi connectivity index (χ1v) is 12.7. The van der Waals surface area contributed by atoms with E-state index in [2.05, 4.69) is 13.8 Å². The van der Waals surface area contributed by atoms with Gasteiger partial charge in [-0.1, -0.05) is 13.8 Å². The Hall–Kier alpha value is -1.72. The molecular formula is C27H36F3NO2. The third-order valence-electron chi connectivity index (χ3n) is 8.43. The SMILES string of the molecule is CC1CC2CC(C)CC(COc3cc(F)c(C(=O)N4CC(F)(F)CC4C)cc3C3CC3)(C1)C2. The Morgan fingerprint density at radius 2 is 1.73 bits per heavy atom. The van der Waals surface area contributed by atoms with Crippen LogP contribution in [0.15, 0.2) is 12.1 Å². The maximum atomic E-state index is 15.2. The number of amides is 1. The number of likely N-dealkylation sites (tertiary alicyclic amines) is 1. The van der Waals surface area contributed by atoms with E-state index in [1.165, 1.54) is 25.3 Å². The lowest BCUT2D eigenvalue weighted by molar-refractivity contribution is -0.0167. The van der Waals surface area contributed by atoms with Gasteiger partial charge in [0.2, 0.25) is 0 Å². The third-order valence-corrected chi connectivity index (χ3v) is 8.43. The zero-order valence-electron chi connectivity index (χ0n) is 20.0. The Labute approximate surface area is 195 Å². The quantitative estimate of drug-likeness (QED) is 0.480. The molecular weight excluding hydrogens is 427 g/mol. The number of carbonyl (C=O) groups excluding carboxylic acids is 1. The van der Waals surface area contributed by atoms with Gasteiger partial charge in [0.05, 0.1) is 18.7 Å². The Morgan fingerprint density at radius 3 is 2.30 bits per heavy atom. The van der Waals surface area contributed by atoms with Crippen molar-refractivity contribution in [2.45, 2.75) is 90.0 Å². The summed E-state index contributed by atoms with van der Waals surface area (Å²) in [4.78, 5) is 14.1. The van der Waals surface area contributed by atoms with Crippen LogP contribution in [0.3, 0.4) is 0 Å². The van der Waals surface area contributed by atoms with Crippen molar-refractivity contribution in [2.24, 2.45) is 23.2 Å². The highest BCUT2D eigenvalue weighted by molar-refractivity contribution is 5.95. The van der Waals surface area contributed by atoms with Crippen molar-refractivity contribution in [3.63, 3.8) is 0 Å². The molecule has 1 aromatic rings. The van der Waals surface area contributed by atoms with Gasteiger partial charge in [0.15, 0.2) is 0 Å². The van der Waals surface area contributed by atoms with Crippen LogP contribution in [0.4, 0.5) is 13.2 Å². The molecule has 1 heterocycles. The van der Waals surface area contributed by atoms with Crippen molar-refractivity contribution in [1.29, 1.82) is 0 Å². The fraction of sp³-hybridized carbons (Fsp3) is 0.741. The standard InChI is InChI=1S/C27H36F3NO2/c1-16-6-19-7-17(2)11-26(10-16,13-19)15-33-24-9-23(28)22(8-21(24)20-4-5-20)25(32)31-14-27(29,30)12-18(31)3/h8-9,16-20H,4-7,10-15H2,1-3H3. The van der Waals surface area contributed by atoms with Crippen molar-refractivity contribution in [2.75, 3.05) is 13.2 Å². The first-order valence-electron chi connectivity index (χ1n) is 12.7. The van der Waals surface area contributed by atoms with Crippen molar-refractivity contribution < 1.29 is 22.7 Å². The second-order valence-corrected chi connectivity index (χ2v) is 11.9. The molecule has 3 saturated carbocycles. The summed E-state index contributed by atoms with van der Waals surface area (Å²) in [7, 11) is 0. The van der Waals surface area contributed by atoms with Crippen LogP contribution in [0.25, 0.3) is 0 Å². The van der Waals surface area contributed by atoms with E-state index in [0.717, 1.165) is 42.1 Å². The predicted molar refractivity (Wildman–Crippen MR) is 121 cm³/mol. The first kappa shape index (κ1) is 23.0. The van der Waals surface area contributed by atoms with Crippen LogP contribution in [-0.4, -0.2) is 35.9 Å². The van der Waals surface area contributed by atoms with Gasteiger partial charge in [-0.25, -0.2) is 13.2 Å². The van der Waals surface area contributed by atoms with E-state index in [1.54, 1.807) is 13.0 Å². The molecule has 182 valence electrons. The fourth-order valence-corrected chi connectivity index (χ4v) is 7.33. The molecule has 0 N–H and O–H groups in total. The van der Waals surface area contributed by atoms with Gasteiger partial charge in [0.25, 0.3) is 11.8 Å². The largest absolute Gasteiger partial charge is 0.493 e. The summed E-state index contributed by atoms with van der Waals surface area (Å²) in [6.07, 6.45) is 7.64. The molecule has 3 unspecified atom stereocenters. The minimum Gasteiger partial charge on any atom is -0.493 e. The van der Waals surface area contributed by atoms with Crippen LogP contribution < -0.4 is 4.74 Å².